The number of benzene rings is 1. The Balaban J connectivity index is 0.911. The van der Waals surface area contributed by atoms with Crippen LogP contribution in [0.15, 0.2) is 24.4 Å². The van der Waals surface area contributed by atoms with Crippen LogP contribution in [-0.4, -0.2) is 64.0 Å². The molecule has 3 heterocycles. The number of hydrogen-bond donors (Lipinski definition) is 1. The zero-order chi connectivity index (χ0) is 26.5. The van der Waals surface area contributed by atoms with Gasteiger partial charge in [0, 0.05) is 49.1 Å². The lowest BCUT2D eigenvalue weighted by molar-refractivity contribution is -0.153. The average molecular weight is 548 g/mol. The van der Waals surface area contributed by atoms with Gasteiger partial charge in [-0.25, -0.2) is 4.98 Å². The van der Waals surface area contributed by atoms with Crippen molar-refractivity contribution in [3.8, 4) is 5.19 Å². The molecular formula is C27H32F3N5O2S. The van der Waals surface area contributed by atoms with E-state index in [4.69, 9.17) is 4.74 Å². The first-order valence-electron chi connectivity index (χ1n) is 13.3. The number of aromatic nitrogens is 3. The van der Waals surface area contributed by atoms with Crippen molar-refractivity contribution in [1.82, 2.24) is 25.0 Å². The minimum Gasteiger partial charge on any atom is -0.460 e. The fourth-order valence-corrected chi connectivity index (χ4v) is 7.54. The number of nitrogens with one attached hydrogen (secondary N) is 1. The predicted molar refractivity (Wildman–Crippen MR) is 138 cm³/mol. The van der Waals surface area contributed by atoms with Crippen LogP contribution in [0.3, 0.4) is 0 Å². The Labute approximate surface area is 223 Å². The monoisotopic (exact) mass is 547 g/mol. The van der Waals surface area contributed by atoms with Crippen molar-refractivity contribution in [2.45, 2.75) is 57.2 Å². The molecule has 0 unspecified atom stereocenters. The quantitative estimate of drug-likeness (QED) is 0.462. The number of carbonyl (C=O) groups excluding carboxylic acids is 1. The van der Waals surface area contributed by atoms with Gasteiger partial charge >= 0.3 is 6.18 Å². The van der Waals surface area contributed by atoms with Crippen molar-refractivity contribution in [1.29, 1.82) is 0 Å². The highest BCUT2D eigenvalue weighted by molar-refractivity contribution is 7.13. The van der Waals surface area contributed by atoms with Gasteiger partial charge in [-0.3, -0.25) is 9.48 Å². The molecule has 6 rings (SSSR count). The Morgan fingerprint density at radius 1 is 1.21 bits per heavy atom. The van der Waals surface area contributed by atoms with Crippen LogP contribution < -0.4 is 10.1 Å². The van der Waals surface area contributed by atoms with E-state index in [1.165, 1.54) is 30.6 Å². The Hall–Kier alpha value is -2.66. The summed E-state index contributed by atoms with van der Waals surface area (Å²) in [6, 6.07) is 5.92. The van der Waals surface area contributed by atoms with Gasteiger partial charge in [0.25, 0.3) is 11.1 Å². The lowest BCUT2D eigenvalue weighted by Gasteiger charge is -2.58. The number of nitrogens with zero attached hydrogens (tertiary/aromatic N) is 4. The molecule has 1 aromatic carbocycles. The van der Waals surface area contributed by atoms with E-state index in [0.717, 1.165) is 72.7 Å². The second kappa shape index (κ2) is 9.82. The lowest BCUT2D eigenvalue weighted by atomic mass is 9.49. The summed E-state index contributed by atoms with van der Waals surface area (Å²) in [5, 5.41) is 8.65. The summed E-state index contributed by atoms with van der Waals surface area (Å²) in [4.78, 5) is 20.7. The Bertz CT molecular complexity index is 1300. The van der Waals surface area contributed by atoms with E-state index < -0.39 is 12.8 Å². The van der Waals surface area contributed by atoms with Crippen LogP contribution in [0.2, 0.25) is 0 Å². The molecule has 38 heavy (non-hydrogen) atoms. The van der Waals surface area contributed by atoms with E-state index >= 15 is 0 Å². The number of rotatable bonds is 7. The third-order valence-electron chi connectivity index (χ3n) is 8.34. The highest BCUT2D eigenvalue weighted by Gasteiger charge is 2.52. The number of carbonyl (C=O) groups is 1. The fraction of sp³-hybridized carbons (Fsp3) is 0.593. The van der Waals surface area contributed by atoms with E-state index in [1.54, 1.807) is 4.68 Å². The number of amides is 1. The Kier molecular flexibility index (Phi) is 6.62. The van der Waals surface area contributed by atoms with Gasteiger partial charge in [0.15, 0.2) is 6.61 Å². The molecule has 3 aromatic rings. The molecule has 0 atom stereocenters. The summed E-state index contributed by atoms with van der Waals surface area (Å²) < 4.78 is 43.8. The number of aryl methyl sites for hydroxylation is 1. The molecule has 2 saturated carbocycles. The first kappa shape index (κ1) is 25.6. The standard InChI is InChI=1S/C27H32F3N5O2S/c1-34-15-20-19(3-2-4-21(20)33-34)24(36)31-18-13-26(14-18)11-17(12-26)5-8-35-9-6-22-23(7-10-35)38-25(32-22)37-16-27(28,29)30/h2-4,15,17-18H,5-14,16H2,1H3,(H,31,36)/t17-,18-,26?. The number of ether oxygens (including phenoxy) is 1. The Morgan fingerprint density at radius 2 is 2.00 bits per heavy atom. The smallest absolute Gasteiger partial charge is 0.422 e. The molecule has 0 bridgehead atoms. The second-order valence-electron chi connectivity index (χ2n) is 11.3. The highest BCUT2D eigenvalue weighted by atomic mass is 32.1. The summed E-state index contributed by atoms with van der Waals surface area (Å²) in [6.07, 6.45) is 4.88. The normalized spacial score (nSPS) is 25.5. The van der Waals surface area contributed by atoms with Gasteiger partial charge < -0.3 is 15.0 Å². The maximum absolute atomic E-state index is 12.9. The van der Waals surface area contributed by atoms with E-state index in [1.807, 2.05) is 31.4 Å². The molecule has 3 aliphatic rings. The van der Waals surface area contributed by atoms with E-state index in [2.05, 4.69) is 20.3 Å². The molecule has 204 valence electrons. The van der Waals surface area contributed by atoms with Gasteiger partial charge in [-0.1, -0.05) is 17.4 Å². The first-order valence-corrected chi connectivity index (χ1v) is 14.1. The lowest BCUT2D eigenvalue weighted by Crippen LogP contribution is -2.56. The van der Waals surface area contributed by atoms with Gasteiger partial charge in [-0.05, 0) is 68.5 Å². The van der Waals surface area contributed by atoms with Gasteiger partial charge in [0.05, 0.1) is 16.8 Å². The molecule has 0 saturated heterocycles. The van der Waals surface area contributed by atoms with Gasteiger partial charge in [0.1, 0.15) is 0 Å². The minimum absolute atomic E-state index is 0.0115. The summed E-state index contributed by atoms with van der Waals surface area (Å²) in [6.45, 7) is 1.54. The number of alkyl halides is 3. The highest BCUT2D eigenvalue weighted by Crippen LogP contribution is 2.59. The van der Waals surface area contributed by atoms with Crippen molar-refractivity contribution in [3.63, 3.8) is 0 Å². The first-order chi connectivity index (χ1) is 18.1. The number of halogens is 3. The zero-order valence-electron chi connectivity index (χ0n) is 21.4. The maximum atomic E-state index is 12.9. The van der Waals surface area contributed by atoms with E-state index in [-0.39, 0.29) is 17.1 Å². The summed E-state index contributed by atoms with van der Waals surface area (Å²) in [7, 11) is 1.87. The molecule has 1 N–H and O–H groups in total. The molecule has 0 radical (unpaired) electrons. The van der Waals surface area contributed by atoms with Crippen LogP contribution in [0.4, 0.5) is 13.2 Å². The molecule has 1 amide bonds. The van der Waals surface area contributed by atoms with Crippen LogP contribution in [-0.2, 0) is 19.9 Å². The third kappa shape index (κ3) is 5.40. The summed E-state index contributed by atoms with van der Waals surface area (Å²) in [5.74, 6) is 0.719. The maximum Gasteiger partial charge on any atom is 0.422 e. The number of fused-ring (bicyclic) bond motifs is 2. The molecule has 11 heteroatoms. The second-order valence-corrected chi connectivity index (χ2v) is 12.3. The van der Waals surface area contributed by atoms with Gasteiger partial charge in [0.2, 0.25) is 0 Å². The fourth-order valence-electron chi connectivity index (χ4n) is 6.59. The van der Waals surface area contributed by atoms with Gasteiger partial charge in [-0.15, -0.1) is 0 Å². The van der Waals surface area contributed by atoms with Crippen LogP contribution in [0, 0.1) is 11.3 Å². The summed E-state index contributed by atoms with van der Waals surface area (Å²) >= 11 is 1.25. The molecule has 2 aromatic heterocycles. The molecule has 2 fully saturated rings. The van der Waals surface area contributed by atoms with Crippen molar-refractivity contribution >= 4 is 28.1 Å². The van der Waals surface area contributed by atoms with Crippen molar-refractivity contribution in [2.24, 2.45) is 18.4 Å². The third-order valence-corrected chi connectivity index (χ3v) is 9.41. The Morgan fingerprint density at radius 3 is 2.79 bits per heavy atom. The minimum atomic E-state index is -4.34. The van der Waals surface area contributed by atoms with Gasteiger partial charge in [-0.2, -0.15) is 18.3 Å². The van der Waals surface area contributed by atoms with Crippen molar-refractivity contribution in [3.05, 3.63) is 40.5 Å². The number of hydrogen-bond acceptors (Lipinski definition) is 6. The average Bonchev–Trinajstić information content (AvgIpc) is 3.34. The van der Waals surface area contributed by atoms with Crippen molar-refractivity contribution < 1.29 is 22.7 Å². The largest absolute Gasteiger partial charge is 0.460 e. The van der Waals surface area contributed by atoms with E-state index in [0.29, 0.717) is 11.0 Å². The summed E-state index contributed by atoms with van der Waals surface area (Å²) in [5.41, 5.74) is 2.82. The molecular weight excluding hydrogens is 515 g/mol. The SMILES string of the molecule is Cn1cc2c(C(=O)N[C@H]3CC4(C[C@H](CCN5CCc6nc(OCC(F)(F)F)sc6CC5)C4)C3)cccc2n1. The predicted octanol–water partition coefficient (Wildman–Crippen LogP) is 4.75. The van der Waals surface area contributed by atoms with Crippen LogP contribution >= 0.6 is 11.3 Å². The van der Waals surface area contributed by atoms with Crippen molar-refractivity contribution in [2.75, 3.05) is 26.2 Å². The molecule has 1 aliphatic heterocycles. The van der Waals surface area contributed by atoms with Crippen LogP contribution in [0.1, 0.15) is 53.0 Å². The zero-order valence-corrected chi connectivity index (χ0v) is 22.2. The number of thiazole rings is 1. The molecule has 2 aliphatic carbocycles. The van der Waals surface area contributed by atoms with Crippen LogP contribution in [0.25, 0.3) is 10.9 Å². The topological polar surface area (TPSA) is 72.3 Å². The molecule has 7 nitrogen and oxygen atoms in total. The van der Waals surface area contributed by atoms with E-state index in [9.17, 15) is 18.0 Å². The molecule has 1 spiro atoms. The van der Waals surface area contributed by atoms with Crippen LogP contribution in [0.5, 0.6) is 5.19 Å².